The van der Waals surface area contributed by atoms with Crippen molar-refractivity contribution in [1.29, 1.82) is 0 Å². The number of carbonyl (C=O) groups excluding carboxylic acids is 1. The van der Waals surface area contributed by atoms with E-state index in [1.807, 2.05) is 36.5 Å². The highest BCUT2D eigenvalue weighted by Crippen LogP contribution is 2.21. The van der Waals surface area contributed by atoms with Gasteiger partial charge in [0.15, 0.2) is 0 Å². The largest absolute Gasteiger partial charge is 0.343 e. The predicted molar refractivity (Wildman–Crippen MR) is 104 cm³/mol. The van der Waals surface area contributed by atoms with Crippen LogP contribution in [0.3, 0.4) is 0 Å². The standard InChI is InChI=1S/C19H15Cl2N3O/c1-2-9-24-12-13(15-5-3-4-6-18(15)24)11-22-23-19(25)16-8-7-14(20)10-17(16)21/h2-8,10-12H,1,9H2,(H,23,25)/b22-11-. The lowest BCUT2D eigenvalue weighted by atomic mass is 10.2. The van der Waals surface area contributed by atoms with E-state index in [0.29, 0.717) is 17.1 Å². The summed E-state index contributed by atoms with van der Waals surface area (Å²) in [6.45, 7) is 4.47. The number of benzene rings is 2. The molecular formula is C19H15Cl2N3O. The molecule has 1 N–H and O–H groups in total. The molecule has 0 aliphatic rings. The highest BCUT2D eigenvalue weighted by Gasteiger charge is 2.10. The first kappa shape index (κ1) is 17.3. The van der Waals surface area contributed by atoms with E-state index in [0.717, 1.165) is 16.5 Å². The minimum atomic E-state index is -0.396. The highest BCUT2D eigenvalue weighted by atomic mass is 35.5. The van der Waals surface area contributed by atoms with E-state index in [4.69, 9.17) is 23.2 Å². The Morgan fingerprint density at radius 2 is 2.04 bits per heavy atom. The summed E-state index contributed by atoms with van der Waals surface area (Å²) in [5, 5.41) is 5.85. The van der Waals surface area contributed by atoms with Crippen LogP contribution in [0.1, 0.15) is 15.9 Å². The van der Waals surface area contributed by atoms with E-state index in [-0.39, 0.29) is 5.02 Å². The fraction of sp³-hybridized carbons (Fsp3) is 0.0526. The third-order valence-electron chi connectivity index (χ3n) is 3.69. The van der Waals surface area contributed by atoms with Gasteiger partial charge < -0.3 is 4.57 Å². The molecule has 0 unspecified atom stereocenters. The lowest BCUT2D eigenvalue weighted by Gasteiger charge is -2.02. The number of nitrogens with zero attached hydrogens (tertiary/aromatic N) is 2. The van der Waals surface area contributed by atoms with Gasteiger partial charge in [0.1, 0.15) is 0 Å². The topological polar surface area (TPSA) is 46.4 Å². The van der Waals surface area contributed by atoms with Crippen LogP contribution in [0.4, 0.5) is 0 Å². The normalized spacial score (nSPS) is 11.1. The van der Waals surface area contributed by atoms with Crippen molar-refractivity contribution in [3.8, 4) is 0 Å². The van der Waals surface area contributed by atoms with Gasteiger partial charge in [0, 0.05) is 34.2 Å². The van der Waals surface area contributed by atoms with E-state index >= 15 is 0 Å². The van der Waals surface area contributed by atoms with Crippen LogP contribution in [-0.4, -0.2) is 16.7 Å². The van der Waals surface area contributed by atoms with Crippen LogP contribution in [0.2, 0.25) is 10.0 Å². The Balaban J connectivity index is 1.81. The molecule has 0 saturated carbocycles. The molecule has 25 heavy (non-hydrogen) atoms. The second-order valence-electron chi connectivity index (χ2n) is 5.37. The summed E-state index contributed by atoms with van der Waals surface area (Å²) in [4.78, 5) is 12.2. The number of nitrogens with one attached hydrogen (secondary N) is 1. The van der Waals surface area contributed by atoms with Crippen molar-refractivity contribution in [3.63, 3.8) is 0 Å². The second kappa shape index (κ2) is 7.55. The van der Waals surface area contributed by atoms with Crippen molar-refractivity contribution in [2.24, 2.45) is 5.10 Å². The van der Waals surface area contributed by atoms with Crippen molar-refractivity contribution in [1.82, 2.24) is 9.99 Å². The van der Waals surface area contributed by atoms with E-state index in [1.165, 1.54) is 6.07 Å². The van der Waals surface area contributed by atoms with Crippen LogP contribution in [0.5, 0.6) is 0 Å². The van der Waals surface area contributed by atoms with Crippen LogP contribution in [-0.2, 0) is 6.54 Å². The zero-order valence-electron chi connectivity index (χ0n) is 13.2. The quantitative estimate of drug-likeness (QED) is 0.387. The third-order valence-corrected chi connectivity index (χ3v) is 4.24. The van der Waals surface area contributed by atoms with Crippen LogP contribution in [0, 0.1) is 0 Å². The lowest BCUT2D eigenvalue weighted by Crippen LogP contribution is -2.18. The number of fused-ring (bicyclic) bond motifs is 1. The van der Waals surface area contributed by atoms with Crippen LogP contribution in [0.25, 0.3) is 10.9 Å². The van der Waals surface area contributed by atoms with Crippen LogP contribution >= 0.6 is 23.2 Å². The lowest BCUT2D eigenvalue weighted by molar-refractivity contribution is 0.0955. The Labute approximate surface area is 155 Å². The zero-order chi connectivity index (χ0) is 17.8. The number of halogens is 2. The zero-order valence-corrected chi connectivity index (χ0v) is 14.8. The Kier molecular flexibility index (Phi) is 5.22. The first-order valence-electron chi connectivity index (χ1n) is 7.57. The number of rotatable bonds is 5. The fourth-order valence-electron chi connectivity index (χ4n) is 2.56. The molecule has 0 fully saturated rings. The number of para-hydroxylation sites is 1. The molecular weight excluding hydrogens is 357 g/mol. The molecule has 1 heterocycles. The molecule has 1 amide bonds. The third kappa shape index (κ3) is 3.76. The van der Waals surface area contributed by atoms with Crippen molar-refractivity contribution >= 4 is 46.2 Å². The van der Waals surface area contributed by atoms with E-state index in [2.05, 4.69) is 21.7 Å². The molecule has 2 aromatic carbocycles. The molecule has 4 nitrogen and oxygen atoms in total. The Bertz CT molecular complexity index is 976. The van der Waals surface area contributed by atoms with E-state index < -0.39 is 5.91 Å². The summed E-state index contributed by atoms with van der Waals surface area (Å²) < 4.78 is 2.07. The summed E-state index contributed by atoms with van der Waals surface area (Å²) in [6, 6.07) is 12.7. The average Bonchev–Trinajstić information content (AvgIpc) is 2.93. The van der Waals surface area contributed by atoms with E-state index in [1.54, 1.807) is 18.3 Å². The van der Waals surface area contributed by atoms with Gasteiger partial charge in [-0.15, -0.1) is 6.58 Å². The maximum atomic E-state index is 12.2. The molecule has 0 aliphatic carbocycles. The van der Waals surface area contributed by atoms with Crippen LogP contribution < -0.4 is 5.43 Å². The van der Waals surface area contributed by atoms with Crippen molar-refractivity contribution < 1.29 is 4.79 Å². The van der Waals surface area contributed by atoms with Gasteiger partial charge in [-0.05, 0) is 24.3 Å². The van der Waals surface area contributed by atoms with Gasteiger partial charge in [0.05, 0.1) is 16.8 Å². The SMILES string of the molecule is C=CCn1cc(/C=N\NC(=O)c2ccc(Cl)cc2Cl)c2ccccc21. The molecule has 0 bridgehead atoms. The fourth-order valence-corrected chi connectivity index (χ4v) is 3.06. The van der Waals surface area contributed by atoms with Crippen molar-refractivity contribution in [3.05, 3.63) is 82.5 Å². The highest BCUT2D eigenvalue weighted by molar-refractivity contribution is 6.36. The summed E-state index contributed by atoms with van der Waals surface area (Å²) in [7, 11) is 0. The molecule has 126 valence electrons. The molecule has 0 aliphatic heterocycles. The predicted octanol–water partition coefficient (Wildman–Crippen LogP) is 4.90. The minimum absolute atomic E-state index is 0.280. The summed E-state index contributed by atoms with van der Waals surface area (Å²) in [6.07, 6.45) is 5.42. The first-order valence-corrected chi connectivity index (χ1v) is 8.33. The Hall–Kier alpha value is -2.56. The smallest absolute Gasteiger partial charge is 0.272 e. The van der Waals surface area contributed by atoms with Gasteiger partial charge in [0.2, 0.25) is 0 Å². The number of carbonyl (C=O) groups is 1. The van der Waals surface area contributed by atoms with Gasteiger partial charge in [0.25, 0.3) is 5.91 Å². The molecule has 3 rings (SSSR count). The molecule has 6 heteroatoms. The van der Waals surface area contributed by atoms with Crippen LogP contribution in [0.15, 0.2) is 66.4 Å². The monoisotopic (exact) mass is 371 g/mol. The molecule has 0 radical (unpaired) electrons. The summed E-state index contributed by atoms with van der Waals surface area (Å²) >= 11 is 11.9. The average molecular weight is 372 g/mol. The van der Waals surface area contributed by atoms with Crippen molar-refractivity contribution in [2.45, 2.75) is 6.54 Å². The Morgan fingerprint density at radius 3 is 2.80 bits per heavy atom. The van der Waals surface area contributed by atoms with Gasteiger partial charge >= 0.3 is 0 Å². The van der Waals surface area contributed by atoms with Gasteiger partial charge in [-0.1, -0.05) is 47.5 Å². The molecule has 1 aromatic heterocycles. The number of hydrogen-bond donors (Lipinski definition) is 1. The number of allylic oxidation sites excluding steroid dienone is 1. The Morgan fingerprint density at radius 1 is 1.24 bits per heavy atom. The molecule has 3 aromatic rings. The number of hydrazone groups is 1. The minimum Gasteiger partial charge on any atom is -0.343 e. The molecule has 0 saturated heterocycles. The van der Waals surface area contributed by atoms with Gasteiger partial charge in [-0.3, -0.25) is 4.79 Å². The second-order valence-corrected chi connectivity index (χ2v) is 6.21. The van der Waals surface area contributed by atoms with Gasteiger partial charge in [-0.2, -0.15) is 5.10 Å². The van der Waals surface area contributed by atoms with E-state index in [9.17, 15) is 4.79 Å². The number of amides is 1. The summed E-state index contributed by atoms with van der Waals surface area (Å²) in [5.74, 6) is -0.396. The number of hydrogen-bond acceptors (Lipinski definition) is 2. The number of aromatic nitrogens is 1. The molecule has 0 spiro atoms. The van der Waals surface area contributed by atoms with Crippen molar-refractivity contribution in [2.75, 3.05) is 0 Å². The molecule has 0 atom stereocenters. The van der Waals surface area contributed by atoms with Gasteiger partial charge in [-0.25, -0.2) is 5.43 Å². The maximum absolute atomic E-state index is 12.2. The maximum Gasteiger partial charge on any atom is 0.272 e. The summed E-state index contributed by atoms with van der Waals surface area (Å²) in [5.41, 5.74) is 4.79. The first-order chi connectivity index (χ1) is 12.1.